The lowest BCUT2D eigenvalue weighted by atomic mass is 9.84. The van der Waals surface area contributed by atoms with Gasteiger partial charge >= 0.3 is 5.97 Å². The summed E-state index contributed by atoms with van der Waals surface area (Å²) >= 11 is 0. The molecule has 0 radical (unpaired) electrons. The number of carboxylic acid groups (broad SMARTS) is 1. The number of aromatic nitrogens is 3. The van der Waals surface area contributed by atoms with Crippen LogP contribution in [0.4, 0.5) is 0 Å². The van der Waals surface area contributed by atoms with Gasteiger partial charge in [0.15, 0.2) is 0 Å². The summed E-state index contributed by atoms with van der Waals surface area (Å²) in [6, 6.07) is 0. The highest BCUT2D eigenvalue weighted by atomic mass is 16.4. The molecule has 1 aromatic heterocycles. The van der Waals surface area contributed by atoms with Gasteiger partial charge in [0.1, 0.15) is 12.2 Å². The molecular formula is C13H24N4O2. The normalized spacial score (nSPS) is 11.7. The van der Waals surface area contributed by atoms with Crippen LogP contribution in [0, 0.1) is 5.41 Å². The van der Waals surface area contributed by atoms with Crippen molar-refractivity contribution >= 4 is 5.97 Å². The summed E-state index contributed by atoms with van der Waals surface area (Å²) in [5.41, 5.74) is 0.0455. The van der Waals surface area contributed by atoms with E-state index in [1.165, 1.54) is 0 Å². The van der Waals surface area contributed by atoms with Crippen molar-refractivity contribution in [1.82, 2.24) is 20.1 Å². The highest BCUT2D eigenvalue weighted by molar-refractivity contribution is 5.66. The van der Waals surface area contributed by atoms with E-state index in [0.717, 1.165) is 25.3 Å². The molecule has 0 bridgehead atoms. The number of nitrogens with one attached hydrogen (secondary N) is 1. The van der Waals surface area contributed by atoms with E-state index < -0.39 is 5.97 Å². The van der Waals surface area contributed by atoms with Crippen molar-refractivity contribution in [1.29, 1.82) is 0 Å². The monoisotopic (exact) mass is 268 g/mol. The SMILES string of the molecule is CCn1ncnc1CNCCC(C)(C)CCC(=O)O. The van der Waals surface area contributed by atoms with Crippen LogP contribution in [-0.2, 0) is 17.9 Å². The second kappa shape index (κ2) is 7.23. The minimum Gasteiger partial charge on any atom is -0.481 e. The highest BCUT2D eigenvalue weighted by Gasteiger charge is 2.18. The van der Waals surface area contributed by atoms with E-state index in [1.54, 1.807) is 6.33 Å². The number of aryl methyl sites for hydroxylation is 1. The van der Waals surface area contributed by atoms with Gasteiger partial charge in [-0.3, -0.25) is 4.79 Å². The van der Waals surface area contributed by atoms with Gasteiger partial charge in [0.2, 0.25) is 0 Å². The Morgan fingerprint density at radius 2 is 2.21 bits per heavy atom. The van der Waals surface area contributed by atoms with Gasteiger partial charge in [-0.15, -0.1) is 0 Å². The Morgan fingerprint density at radius 1 is 1.47 bits per heavy atom. The molecule has 6 heteroatoms. The Labute approximate surface area is 114 Å². The quantitative estimate of drug-likeness (QED) is 0.666. The van der Waals surface area contributed by atoms with Crippen LogP contribution in [-0.4, -0.2) is 32.4 Å². The summed E-state index contributed by atoms with van der Waals surface area (Å²) < 4.78 is 1.86. The van der Waals surface area contributed by atoms with Gasteiger partial charge in [-0.05, 0) is 31.7 Å². The Balaban J connectivity index is 2.24. The third-order valence-corrected chi connectivity index (χ3v) is 3.27. The Hall–Kier alpha value is -1.43. The number of hydrogen-bond donors (Lipinski definition) is 2. The molecule has 108 valence electrons. The zero-order chi connectivity index (χ0) is 14.3. The van der Waals surface area contributed by atoms with Crippen LogP contribution < -0.4 is 5.32 Å². The average Bonchev–Trinajstić information content (AvgIpc) is 2.80. The smallest absolute Gasteiger partial charge is 0.303 e. The molecule has 0 fully saturated rings. The van der Waals surface area contributed by atoms with Crippen LogP contribution in [0.1, 0.15) is 45.9 Å². The van der Waals surface area contributed by atoms with Crippen LogP contribution in [0.3, 0.4) is 0 Å². The summed E-state index contributed by atoms with van der Waals surface area (Å²) in [6.45, 7) is 8.61. The van der Waals surface area contributed by atoms with Crippen molar-refractivity contribution in [3.05, 3.63) is 12.2 Å². The Bertz CT molecular complexity index is 401. The van der Waals surface area contributed by atoms with E-state index >= 15 is 0 Å². The maximum atomic E-state index is 10.6. The molecule has 1 heterocycles. The number of carboxylic acids is 1. The lowest BCUT2D eigenvalue weighted by Gasteiger charge is -2.23. The van der Waals surface area contributed by atoms with Crippen LogP contribution in [0.2, 0.25) is 0 Å². The molecule has 0 aliphatic rings. The molecule has 1 aromatic rings. The molecule has 0 saturated carbocycles. The lowest BCUT2D eigenvalue weighted by Crippen LogP contribution is -2.24. The van der Waals surface area contributed by atoms with Gasteiger partial charge in [0.25, 0.3) is 0 Å². The standard InChI is InChI=1S/C13H24N4O2/c1-4-17-11(15-10-16-17)9-14-8-7-13(2,3)6-5-12(18)19/h10,14H,4-9H2,1-3H3,(H,18,19). The van der Waals surface area contributed by atoms with Gasteiger partial charge in [-0.2, -0.15) is 5.10 Å². The predicted molar refractivity (Wildman–Crippen MR) is 72.7 cm³/mol. The topological polar surface area (TPSA) is 80.0 Å². The third kappa shape index (κ3) is 5.83. The van der Waals surface area contributed by atoms with Gasteiger partial charge in [0, 0.05) is 13.0 Å². The van der Waals surface area contributed by atoms with Gasteiger partial charge in [0.05, 0.1) is 6.54 Å². The molecule has 6 nitrogen and oxygen atoms in total. The number of carbonyl (C=O) groups is 1. The molecule has 0 unspecified atom stereocenters. The Morgan fingerprint density at radius 3 is 2.84 bits per heavy atom. The number of rotatable bonds is 9. The van der Waals surface area contributed by atoms with Crippen molar-refractivity contribution in [2.24, 2.45) is 5.41 Å². The van der Waals surface area contributed by atoms with E-state index in [4.69, 9.17) is 5.11 Å². The lowest BCUT2D eigenvalue weighted by molar-refractivity contribution is -0.137. The fourth-order valence-corrected chi connectivity index (χ4v) is 1.89. The predicted octanol–water partition coefficient (Wildman–Crippen LogP) is 1.67. The first kappa shape index (κ1) is 15.6. The molecule has 0 spiro atoms. The minimum absolute atomic E-state index is 0.0455. The zero-order valence-corrected chi connectivity index (χ0v) is 12.0. The van der Waals surface area contributed by atoms with Crippen LogP contribution in [0.15, 0.2) is 6.33 Å². The van der Waals surface area contributed by atoms with E-state index in [1.807, 2.05) is 11.6 Å². The summed E-state index contributed by atoms with van der Waals surface area (Å²) in [6.07, 6.45) is 3.45. The number of aliphatic carboxylic acids is 1. The molecule has 19 heavy (non-hydrogen) atoms. The fourth-order valence-electron chi connectivity index (χ4n) is 1.89. The third-order valence-electron chi connectivity index (χ3n) is 3.27. The molecule has 0 aromatic carbocycles. The van der Waals surface area contributed by atoms with Crippen LogP contribution in [0.5, 0.6) is 0 Å². The first-order chi connectivity index (χ1) is 8.94. The van der Waals surface area contributed by atoms with Crippen molar-refractivity contribution in [3.8, 4) is 0 Å². The summed E-state index contributed by atoms with van der Waals surface area (Å²) in [5.74, 6) is 0.211. The van der Waals surface area contributed by atoms with Crippen LogP contribution in [0.25, 0.3) is 0 Å². The van der Waals surface area contributed by atoms with Crippen LogP contribution >= 0.6 is 0 Å². The van der Waals surface area contributed by atoms with Gasteiger partial charge < -0.3 is 10.4 Å². The second-order valence-corrected chi connectivity index (χ2v) is 5.48. The van der Waals surface area contributed by atoms with E-state index in [-0.39, 0.29) is 11.8 Å². The molecule has 1 rings (SSSR count). The molecule has 0 atom stereocenters. The summed E-state index contributed by atoms with van der Waals surface area (Å²) in [7, 11) is 0. The van der Waals surface area contributed by atoms with Gasteiger partial charge in [-0.1, -0.05) is 13.8 Å². The molecule has 0 aliphatic heterocycles. The van der Waals surface area contributed by atoms with Gasteiger partial charge in [-0.25, -0.2) is 9.67 Å². The van der Waals surface area contributed by atoms with Crippen molar-refractivity contribution < 1.29 is 9.90 Å². The zero-order valence-electron chi connectivity index (χ0n) is 12.0. The number of nitrogens with zero attached hydrogens (tertiary/aromatic N) is 3. The largest absolute Gasteiger partial charge is 0.481 e. The summed E-state index contributed by atoms with van der Waals surface area (Å²) in [5, 5.41) is 16.1. The molecule has 0 aliphatic carbocycles. The average molecular weight is 268 g/mol. The molecule has 0 amide bonds. The Kier molecular flexibility index (Phi) is 5.95. The number of hydrogen-bond acceptors (Lipinski definition) is 4. The molecular weight excluding hydrogens is 244 g/mol. The van der Waals surface area contributed by atoms with E-state index in [0.29, 0.717) is 13.0 Å². The summed E-state index contributed by atoms with van der Waals surface area (Å²) in [4.78, 5) is 14.8. The van der Waals surface area contributed by atoms with E-state index in [2.05, 4.69) is 29.2 Å². The first-order valence-electron chi connectivity index (χ1n) is 6.74. The van der Waals surface area contributed by atoms with Crippen molar-refractivity contribution in [2.75, 3.05) is 6.54 Å². The first-order valence-corrected chi connectivity index (χ1v) is 6.74. The van der Waals surface area contributed by atoms with Crippen molar-refractivity contribution in [2.45, 2.75) is 53.1 Å². The maximum Gasteiger partial charge on any atom is 0.303 e. The maximum absolute atomic E-state index is 10.6. The minimum atomic E-state index is -0.725. The highest BCUT2D eigenvalue weighted by Crippen LogP contribution is 2.25. The fraction of sp³-hybridized carbons (Fsp3) is 0.769. The van der Waals surface area contributed by atoms with Crippen molar-refractivity contribution in [3.63, 3.8) is 0 Å². The second-order valence-electron chi connectivity index (χ2n) is 5.48. The van der Waals surface area contributed by atoms with E-state index in [9.17, 15) is 4.79 Å². The molecule has 2 N–H and O–H groups in total. The molecule has 0 saturated heterocycles.